The van der Waals surface area contributed by atoms with Gasteiger partial charge < -0.3 is 4.74 Å². The van der Waals surface area contributed by atoms with Crippen molar-refractivity contribution in [2.75, 3.05) is 7.11 Å². The fraction of sp³-hybridized carbons (Fsp3) is 0.188. The van der Waals surface area contributed by atoms with Crippen molar-refractivity contribution in [3.8, 4) is 0 Å². The minimum absolute atomic E-state index is 0.0429. The van der Waals surface area contributed by atoms with Crippen LogP contribution in [0.25, 0.3) is 0 Å². The van der Waals surface area contributed by atoms with Gasteiger partial charge in [-0.3, -0.25) is 4.79 Å². The van der Waals surface area contributed by atoms with Crippen molar-refractivity contribution in [3.05, 3.63) is 63.6 Å². The first-order valence-corrected chi connectivity index (χ1v) is 9.58. The number of ether oxygens (including phenoxy) is 1. The first kappa shape index (κ1) is 18.9. The molecule has 24 heavy (non-hydrogen) atoms. The number of rotatable bonds is 6. The van der Waals surface area contributed by atoms with Crippen molar-refractivity contribution in [2.24, 2.45) is 0 Å². The van der Waals surface area contributed by atoms with E-state index < -0.39 is 22.0 Å². The highest BCUT2D eigenvalue weighted by atomic mass is 79.9. The molecule has 0 saturated heterocycles. The Morgan fingerprint density at radius 3 is 2.42 bits per heavy atom. The quantitative estimate of drug-likeness (QED) is 0.707. The lowest BCUT2D eigenvalue weighted by atomic mass is 10.1. The molecule has 1 atom stereocenters. The zero-order valence-electron chi connectivity index (χ0n) is 12.7. The Morgan fingerprint density at radius 1 is 1.21 bits per heavy atom. The number of hydrogen-bond donors (Lipinski definition) is 1. The van der Waals surface area contributed by atoms with E-state index in [1.165, 1.54) is 19.2 Å². The van der Waals surface area contributed by atoms with Gasteiger partial charge in [-0.25, -0.2) is 13.1 Å². The van der Waals surface area contributed by atoms with Gasteiger partial charge in [0.2, 0.25) is 10.0 Å². The van der Waals surface area contributed by atoms with E-state index in [4.69, 9.17) is 11.6 Å². The molecular formula is C16H15BrClNO4S. The van der Waals surface area contributed by atoms with Gasteiger partial charge in [0, 0.05) is 4.47 Å². The highest BCUT2D eigenvalue weighted by Gasteiger charge is 2.25. The number of carbonyl (C=O) groups is 1. The van der Waals surface area contributed by atoms with Crippen LogP contribution >= 0.6 is 27.5 Å². The molecule has 0 spiro atoms. The standard InChI is InChI=1S/C16H15BrClNO4S/c1-23-16(20)10-14(11-6-8-12(17)9-7-11)19-24(21,22)15-5-3-2-4-13(15)18/h2-9,14,19H,10H2,1H3/t14-/m0/s1. The second-order valence-corrected chi connectivity index (χ2v) is 7.94. The van der Waals surface area contributed by atoms with Crippen LogP contribution in [0.4, 0.5) is 0 Å². The molecule has 1 N–H and O–H groups in total. The molecule has 0 aliphatic rings. The van der Waals surface area contributed by atoms with E-state index in [2.05, 4.69) is 25.4 Å². The summed E-state index contributed by atoms with van der Waals surface area (Å²) >= 11 is 9.29. The molecule has 0 aliphatic carbocycles. The van der Waals surface area contributed by atoms with Crippen LogP contribution in [0.2, 0.25) is 5.02 Å². The van der Waals surface area contributed by atoms with Gasteiger partial charge in [0.05, 0.1) is 24.6 Å². The number of carbonyl (C=O) groups excluding carboxylic acids is 1. The molecule has 0 aliphatic heterocycles. The maximum atomic E-state index is 12.6. The third-order valence-electron chi connectivity index (χ3n) is 3.29. The molecule has 2 aromatic carbocycles. The third kappa shape index (κ3) is 4.80. The first-order valence-electron chi connectivity index (χ1n) is 6.92. The zero-order valence-corrected chi connectivity index (χ0v) is 15.9. The highest BCUT2D eigenvalue weighted by Crippen LogP contribution is 2.25. The number of hydrogen-bond acceptors (Lipinski definition) is 4. The van der Waals surface area contributed by atoms with Crippen LogP contribution in [0.1, 0.15) is 18.0 Å². The second kappa shape index (κ2) is 8.11. The maximum absolute atomic E-state index is 12.6. The van der Waals surface area contributed by atoms with E-state index in [9.17, 15) is 13.2 Å². The van der Waals surface area contributed by atoms with Crippen LogP contribution in [-0.2, 0) is 19.6 Å². The van der Waals surface area contributed by atoms with Crippen molar-refractivity contribution in [1.29, 1.82) is 0 Å². The minimum Gasteiger partial charge on any atom is -0.469 e. The van der Waals surface area contributed by atoms with Crippen LogP contribution in [0, 0.1) is 0 Å². The number of halogens is 2. The smallest absolute Gasteiger partial charge is 0.307 e. The normalized spacial score (nSPS) is 12.6. The van der Waals surface area contributed by atoms with Gasteiger partial charge >= 0.3 is 5.97 Å². The first-order chi connectivity index (χ1) is 11.3. The molecule has 0 amide bonds. The van der Waals surface area contributed by atoms with E-state index in [0.717, 1.165) is 4.47 Å². The van der Waals surface area contributed by atoms with Crippen molar-refractivity contribution in [3.63, 3.8) is 0 Å². The summed E-state index contributed by atoms with van der Waals surface area (Å²) in [6, 6.07) is 12.3. The third-order valence-corrected chi connectivity index (χ3v) is 5.79. The molecule has 0 saturated carbocycles. The molecule has 0 heterocycles. The van der Waals surface area contributed by atoms with Gasteiger partial charge in [0.15, 0.2) is 0 Å². The van der Waals surface area contributed by atoms with Gasteiger partial charge in [-0.1, -0.05) is 51.8 Å². The number of esters is 1. The van der Waals surface area contributed by atoms with E-state index in [1.54, 1.807) is 36.4 Å². The molecule has 0 aromatic heterocycles. The van der Waals surface area contributed by atoms with Crippen LogP contribution in [0.3, 0.4) is 0 Å². The monoisotopic (exact) mass is 431 g/mol. The topological polar surface area (TPSA) is 72.5 Å². The average Bonchev–Trinajstić information content (AvgIpc) is 2.54. The number of sulfonamides is 1. The van der Waals surface area contributed by atoms with Crippen molar-refractivity contribution < 1.29 is 17.9 Å². The lowest BCUT2D eigenvalue weighted by Gasteiger charge is -2.19. The average molecular weight is 433 g/mol. The number of methoxy groups -OCH3 is 1. The SMILES string of the molecule is COC(=O)C[C@H](NS(=O)(=O)c1ccccc1Cl)c1ccc(Br)cc1. The predicted octanol–water partition coefficient (Wildman–Crippen LogP) is 3.69. The van der Waals surface area contributed by atoms with E-state index in [-0.39, 0.29) is 16.3 Å². The molecule has 2 aromatic rings. The summed E-state index contributed by atoms with van der Waals surface area (Å²) in [5.41, 5.74) is 0.638. The maximum Gasteiger partial charge on any atom is 0.307 e. The molecule has 0 unspecified atom stereocenters. The summed E-state index contributed by atoms with van der Waals surface area (Å²) in [6.07, 6.45) is -0.137. The fourth-order valence-electron chi connectivity index (χ4n) is 2.09. The molecule has 128 valence electrons. The second-order valence-electron chi connectivity index (χ2n) is 4.94. The lowest BCUT2D eigenvalue weighted by molar-refractivity contribution is -0.141. The highest BCUT2D eigenvalue weighted by molar-refractivity contribution is 9.10. The van der Waals surface area contributed by atoms with Gasteiger partial charge in [0.1, 0.15) is 4.90 Å². The molecule has 0 bridgehead atoms. The van der Waals surface area contributed by atoms with Gasteiger partial charge in [0.25, 0.3) is 0 Å². The van der Waals surface area contributed by atoms with Crippen LogP contribution in [-0.4, -0.2) is 21.5 Å². The molecule has 0 fully saturated rings. The van der Waals surface area contributed by atoms with Gasteiger partial charge in [-0.2, -0.15) is 0 Å². The van der Waals surface area contributed by atoms with Crippen LogP contribution in [0.5, 0.6) is 0 Å². The largest absolute Gasteiger partial charge is 0.469 e. The van der Waals surface area contributed by atoms with Crippen LogP contribution < -0.4 is 4.72 Å². The Kier molecular flexibility index (Phi) is 6.40. The summed E-state index contributed by atoms with van der Waals surface area (Å²) < 4.78 is 33.3. The van der Waals surface area contributed by atoms with E-state index in [0.29, 0.717) is 5.56 Å². The molecule has 0 radical (unpaired) electrons. The van der Waals surface area contributed by atoms with Gasteiger partial charge in [-0.15, -0.1) is 0 Å². The summed E-state index contributed by atoms with van der Waals surface area (Å²) in [4.78, 5) is 11.6. The Bertz CT molecular complexity index is 824. The summed E-state index contributed by atoms with van der Waals surface area (Å²) in [5, 5.41) is 0.109. The number of nitrogens with one attached hydrogen (secondary N) is 1. The predicted molar refractivity (Wildman–Crippen MR) is 95.3 cm³/mol. The van der Waals surface area contributed by atoms with E-state index in [1.807, 2.05) is 0 Å². The summed E-state index contributed by atoms with van der Waals surface area (Å²) in [6.45, 7) is 0. The van der Waals surface area contributed by atoms with Gasteiger partial charge in [-0.05, 0) is 29.8 Å². The Hall–Kier alpha value is -1.41. The van der Waals surface area contributed by atoms with Crippen LogP contribution in [0.15, 0.2) is 57.9 Å². The van der Waals surface area contributed by atoms with E-state index >= 15 is 0 Å². The fourth-order valence-corrected chi connectivity index (χ4v) is 4.09. The summed E-state index contributed by atoms with van der Waals surface area (Å²) in [7, 11) is -2.65. The minimum atomic E-state index is -3.90. The Balaban J connectivity index is 2.35. The summed E-state index contributed by atoms with van der Waals surface area (Å²) in [5.74, 6) is -0.523. The zero-order chi connectivity index (χ0) is 17.7. The Morgan fingerprint density at radius 2 is 1.83 bits per heavy atom. The number of benzene rings is 2. The Labute approximate surface area is 154 Å². The lowest BCUT2D eigenvalue weighted by Crippen LogP contribution is -2.30. The molecule has 8 heteroatoms. The van der Waals surface area contributed by atoms with Crippen molar-refractivity contribution in [2.45, 2.75) is 17.4 Å². The van der Waals surface area contributed by atoms with Crippen molar-refractivity contribution in [1.82, 2.24) is 4.72 Å². The molecule has 5 nitrogen and oxygen atoms in total. The van der Waals surface area contributed by atoms with Crippen molar-refractivity contribution >= 4 is 43.5 Å². The molecule has 2 rings (SSSR count). The molecular weight excluding hydrogens is 418 g/mol.